The Morgan fingerprint density at radius 2 is 1.91 bits per heavy atom. The number of nitriles is 1. The minimum Gasteiger partial charge on any atom is -0.506 e. The van der Waals surface area contributed by atoms with Crippen LogP contribution in [0.3, 0.4) is 0 Å². The first-order valence-electron chi connectivity index (χ1n) is 9.76. The van der Waals surface area contributed by atoms with Gasteiger partial charge < -0.3 is 19.9 Å². The third-order valence-electron chi connectivity index (χ3n) is 4.61. The van der Waals surface area contributed by atoms with E-state index >= 15 is 0 Å². The van der Waals surface area contributed by atoms with Crippen LogP contribution in [0.1, 0.15) is 11.1 Å². The molecule has 0 unspecified atom stereocenters. The zero-order valence-electron chi connectivity index (χ0n) is 17.8. The van der Waals surface area contributed by atoms with Crippen molar-refractivity contribution in [1.29, 1.82) is 5.26 Å². The van der Waals surface area contributed by atoms with E-state index < -0.39 is 16.6 Å². The average Bonchev–Trinajstić information content (AvgIpc) is 2.83. The Labute approximate surface area is 203 Å². The summed E-state index contributed by atoms with van der Waals surface area (Å²) in [5, 5.41) is 32.6. The number of phenols is 1. The van der Waals surface area contributed by atoms with E-state index in [2.05, 4.69) is 21.2 Å². The number of phenolic OH excluding ortho intramolecular Hbond substituents is 1. The van der Waals surface area contributed by atoms with Crippen molar-refractivity contribution in [3.8, 4) is 23.3 Å². The van der Waals surface area contributed by atoms with Crippen LogP contribution in [0, 0.1) is 21.4 Å². The third-order valence-corrected chi connectivity index (χ3v) is 5.14. The quantitative estimate of drug-likeness (QED) is 0.136. The number of nitro groups is 1. The highest BCUT2D eigenvalue weighted by Gasteiger charge is 2.15. The molecule has 0 aromatic heterocycles. The van der Waals surface area contributed by atoms with Gasteiger partial charge in [-0.3, -0.25) is 14.9 Å². The van der Waals surface area contributed by atoms with Crippen molar-refractivity contribution in [3.05, 3.63) is 92.0 Å². The number of aromatic hydroxyl groups is 1. The first-order valence-corrected chi connectivity index (χ1v) is 10.6. The molecule has 0 radical (unpaired) electrons. The van der Waals surface area contributed by atoms with Gasteiger partial charge in [0.25, 0.3) is 11.6 Å². The number of hydrogen-bond acceptors (Lipinski definition) is 7. The molecular weight excluding hydrogens is 506 g/mol. The van der Waals surface area contributed by atoms with E-state index in [-0.39, 0.29) is 23.6 Å². The van der Waals surface area contributed by atoms with E-state index in [9.17, 15) is 25.3 Å². The highest BCUT2D eigenvalue weighted by molar-refractivity contribution is 9.10. The van der Waals surface area contributed by atoms with E-state index in [0.29, 0.717) is 17.1 Å². The van der Waals surface area contributed by atoms with Crippen LogP contribution in [0.15, 0.2) is 70.7 Å². The van der Waals surface area contributed by atoms with Gasteiger partial charge in [-0.2, -0.15) is 5.26 Å². The predicted octanol–water partition coefficient (Wildman–Crippen LogP) is 5.20. The lowest BCUT2D eigenvalue weighted by molar-refractivity contribution is -0.384. The molecule has 0 bridgehead atoms. The van der Waals surface area contributed by atoms with E-state index in [0.717, 1.165) is 22.2 Å². The second kappa shape index (κ2) is 11.0. The molecule has 3 rings (SSSR count). The molecule has 3 aromatic rings. The van der Waals surface area contributed by atoms with Crippen molar-refractivity contribution in [2.24, 2.45) is 0 Å². The second-order valence-electron chi connectivity index (χ2n) is 6.91. The minimum atomic E-state index is -0.792. The van der Waals surface area contributed by atoms with Crippen molar-refractivity contribution >= 4 is 39.3 Å². The number of nitrogens with zero attached hydrogens (tertiary/aromatic N) is 2. The summed E-state index contributed by atoms with van der Waals surface area (Å²) in [4.78, 5) is 22.7. The van der Waals surface area contributed by atoms with Crippen LogP contribution in [0.25, 0.3) is 6.08 Å². The smallest absolute Gasteiger partial charge is 0.273 e. The van der Waals surface area contributed by atoms with Gasteiger partial charge >= 0.3 is 0 Å². The van der Waals surface area contributed by atoms with Gasteiger partial charge in [-0.15, -0.1) is 0 Å². The van der Waals surface area contributed by atoms with Crippen LogP contribution in [0.4, 0.5) is 11.4 Å². The third kappa shape index (κ3) is 6.11. The summed E-state index contributed by atoms with van der Waals surface area (Å²) in [6.07, 6.45) is 1.35. The molecule has 0 atom stereocenters. The summed E-state index contributed by atoms with van der Waals surface area (Å²) < 4.78 is 12.2. The first-order chi connectivity index (χ1) is 16.3. The van der Waals surface area contributed by atoms with Crippen LogP contribution >= 0.6 is 15.9 Å². The van der Waals surface area contributed by atoms with Crippen molar-refractivity contribution < 1.29 is 24.3 Å². The lowest BCUT2D eigenvalue weighted by Crippen LogP contribution is -2.13. The van der Waals surface area contributed by atoms with E-state index in [1.54, 1.807) is 18.2 Å². The van der Waals surface area contributed by atoms with Crippen LogP contribution < -0.4 is 14.8 Å². The van der Waals surface area contributed by atoms with Gasteiger partial charge in [-0.05, 0) is 47.5 Å². The molecule has 0 fully saturated rings. The number of benzene rings is 3. The average molecular weight is 524 g/mol. The van der Waals surface area contributed by atoms with Gasteiger partial charge in [0.05, 0.1) is 23.8 Å². The minimum absolute atomic E-state index is 0.0648. The van der Waals surface area contributed by atoms with E-state index in [4.69, 9.17) is 9.47 Å². The topological polar surface area (TPSA) is 135 Å². The number of carbonyl (C=O) groups excluding carboxylic acids is 1. The molecule has 0 spiro atoms. The molecule has 0 heterocycles. The molecular formula is C24H18BrN3O6. The van der Waals surface area contributed by atoms with Gasteiger partial charge in [0.15, 0.2) is 11.5 Å². The number of carbonyl (C=O) groups is 1. The number of methoxy groups -OCH3 is 1. The Balaban J connectivity index is 1.80. The summed E-state index contributed by atoms with van der Waals surface area (Å²) >= 11 is 3.38. The number of ether oxygens (including phenoxy) is 2. The van der Waals surface area contributed by atoms with Crippen molar-refractivity contribution in [3.63, 3.8) is 0 Å². The first kappa shape index (κ1) is 24.3. The van der Waals surface area contributed by atoms with Crippen molar-refractivity contribution in [2.45, 2.75) is 6.61 Å². The summed E-state index contributed by atoms with van der Waals surface area (Å²) in [6.45, 7) is 0.280. The maximum absolute atomic E-state index is 12.6. The number of rotatable bonds is 8. The fourth-order valence-electron chi connectivity index (χ4n) is 2.88. The summed E-state index contributed by atoms with van der Waals surface area (Å²) in [5.41, 5.74) is 0.796. The van der Waals surface area contributed by atoms with Crippen LogP contribution in [-0.4, -0.2) is 23.0 Å². The maximum Gasteiger partial charge on any atom is 0.273 e. The Morgan fingerprint density at radius 3 is 2.53 bits per heavy atom. The fourth-order valence-corrected chi connectivity index (χ4v) is 3.15. The Bertz CT molecular complexity index is 1300. The van der Waals surface area contributed by atoms with Gasteiger partial charge in [-0.25, -0.2) is 0 Å². The molecule has 0 aliphatic carbocycles. The molecule has 0 aliphatic rings. The maximum atomic E-state index is 12.6. The highest BCUT2D eigenvalue weighted by Crippen LogP contribution is 2.31. The molecule has 3 aromatic carbocycles. The molecule has 2 N–H and O–H groups in total. The van der Waals surface area contributed by atoms with Crippen molar-refractivity contribution in [1.82, 2.24) is 0 Å². The number of halogens is 1. The molecule has 1 amide bonds. The molecule has 0 aliphatic heterocycles. The standard InChI is InChI=1S/C24H18BrN3O6/c1-33-22-9-4-16(11-23(22)34-14-15-2-5-18(25)6-3-15)10-17(13-26)24(30)27-20-8-7-19(28(31)32)12-21(20)29/h2-12,29H,14H2,1H3,(H,27,30)/b17-10-. The largest absolute Gasteiger partial charge is 0.506 e. The van der Waals surface area contributed by atoms with Crippen LogP contribution in [0.5, 0.6) is 17.2 Å². The van der Waals surface area contributed by atoms with Gasteiger partial charge in [0, 0.05) is 10.5 Å². The number of nitro benzene ring substituents is 1. The van der Waals surface area contributed by atoms with E-state index in [1.807, 2.05) is 30.3 Å². The molecule has 34 heavy (non-hydrogen) atoms. The van der Waals surface area contributed by atoms with Crippen LogP contribution in [-0.2, 0) is 11.4 Å². The molecule has 9 nitrogen and oxygen atoms in total. The highest BCUT2D eigenvalue weighted by atomic mass is 79.9. The SMILES string of the molecule is COc1ccc(/C=C(/C#N)C(=O)Nc2ccc([N+](=O)[O-])cc2O)cc1OCc1ccc(Br)cc1. The molecule has 0 saturated carbocycles. The number of nitrogens with one attached hydrogen (secondary N) is 1. The van der Waals surface area contributed by atoms with E-state index in [1.165, 1.54) is 19.3 Å². The Morgan fingerprint density at radius 1 is 1.18 bits per heavy atom. The fraction of sp³-hybridized carbons (Fsp3) is 0.0833. The normalized spacial score (nSPS) is 10.8. The Kier molecular flexibility index (Phi) is 7.84. The Hall–Kier alpha value is -4.36. The monoisotopic (exact) mass is 523 g/mol. The van der Waals surface area contributed by atoms with Crippen molar-refractivity contribution in [2.75, 3.05) is 12.4 Å². The zero-order chi connectivity index (χ0) is 24.7. The van der Waals surface area contributed by atoms with Gasteiger partial charge in [0.1, 0.15) is 24.0 Å². The zero-order valence-corrected chi connectivity index (χ0v) is 19.4. The second-order valence-corrected chi connectivity index (χ2v) is 7.82. The number of hydrogen-bond donors (Lipinski definition) is 2. The predicted molar refractivity (Wildman–Crippen MR) is 128 cm³/mol. The number of amides is 1. The van der Waals surface area contributed by atoms with Gasteiger partial charge in [0.2, 0.25) is 0 Å². The summed E-state index contributed by atoms with van der Waals surface area (Å²) in [7, 11) is 1.50. The lowest BCUT2D eigenvalue weighted by Gasteiger charge is -2.12. The molecule has 0 saturated heterocycles. The van der Waals surface area contributed by atoms with Gasteiger partial charge in [-0.1, -0.05) is 34.1 Å². The summed E-state index contributed by atoms with van der Waals surface area (Å²) in [5.74, 6) is -0.384. The number of non-ortho nitro benzene ring substituents is 1. The molecule has 172 valence electrons. The molecule has 10 heteroatoms. The lowest BCUT2D eigenvalue weighted by atomic mass is 10.1. The summed E-state index contributed by atoms with van der Waals surface area (Å²) in [6, 6.07) is 17.6. The number of anilines is 1. The van der Waals surface area contributed by atoms with Crippen LogP contribution in [0.2, 0.25) is 0 Å².